The van der Waals surface area contributed by atoms with Crippen molar-refractivity contribution in [3.05, 3.63) is 66.0 Å². The summed E-state index contributed by atoms with van der Waals surface area (Å²) in [6.07, 6.45) is 5.79. The smallest absolute Gasteiger partial charge is 0.285 e. The average Bonchev–Trinajstić information content (AvgIpc) is 2.49. The van der Waals surface area contributed by atoms with E-state index >= 15 is 0 Å². The molecular formula is C17H21N2O+. The van der Waals surface area contributed by atoms with E-state index in [9.17, 15) is 4.79 Å². The maximum atomic E-state index is 11.8. The molecule has 1 aromatic heterocycles. The Hall–Kier alpha value is -2.16. The minimum atomic E-state index is 0.0511. The number of rotatable bonds is 6. The summed E-state index contributed by atoms with van der Waals surface area (Å²) in [5.41, 5.74) is 2.53. The number of pyridine rings is 1. The van der Waals surface area contributed by atoms with E-state index in [2.05, 4.69) is 36.5 Å². The molecule has 2 aromatic rings. The van der Waals surface area contributed by atoms with Crippen molar-refractivity contribution in [1.29, 1.82) is 0 Å². The molecule has 1 aromatic carbocycles. The molecule has 2 rings (SSSR count). The summed E-state index contributed by atoms with van der Waals surface area (Å²) in [5, 5.41) is 2.95. The van der Waals surface area contributed by atoms with Crippen LogP contribution in [0.3, 0.4) is 0 Å². The van der Waals surface area contributed by atoms with Gasteiger partial charge in [0, 0.05) is 18.7 Å². The summed E-state index contributed by atoms with van der Waals surface area (Å²) < 4.78 is 1.90. The molecule has 0 fully saturated rings. The topological polar surface area (TPSA) is 33.0 Å². The molecule has 0 aliphatic rings. The highest BCUT2D eigenvalue weighted by Crippen LogP contribution is 1.98. The monoisotopic (exact) mass is 269 g/mol. The summed E-state index contributed by atoms with van der Waals surface area (Å²) in [5.74, 6) is 0.0511. The van der Waals surface area contributed by atoms with Crippen molar-refractivity contribution in [2.24, 2.45) is 0 Å². The number of hydrogen-bond donors (Lipinski definition) is 1. The fourth-order valence-corrected chi connectivity index (χ4v) is 2.04. The lowest BCUT2D eigenvalue weighted by atomic mass is 10.1. The minimum absolute atomic E-state index is 0.0511. The summed E-state index contributed by atoms with van der Waals surface area (Å²) >= 11 is 0. The zero-order chi connectivity index (χ0) is 14.2. The SMILES string of the molecule is CCc1cc[n+](CC(=O)NCCc2ccccc2)cc1. The van der Waals surface area contributed by atoms with Crippen LogP contribution in [0.4, 0.5) is 0 Å². The molecule has 0 unspecified atom stereocenters. The van der Waals surface area contributed by atoms with Gasteiger partial charge in [-0.15, -0.1) is 0 Å². The number of aromatic nitrogens is 1. The predicted molar refractivity (Wildman–Crippen MR) is 79.2 cm³/mol. The highest BCUT2D eigenvalue weighted by molar-refractivity contribution is 5.74. The normalized spacial score (nSPS) is 10.2. The van der Waals surface area contributed by atoms with Crippen LogP contribution in [0.15, 0.2) is 54.9 Å². The van der Waals surface area contributed by atoms with Crippen molar-refractivity contribution in [2.75, 3.05) is 6.54 Å². The maximum Gasteiger partial charge on any atom is 0.285 e. The van der Waals surface area contributed by atoms with Crippen LogP contribution in [-0.4, -0.2) is 12.5 Å². The molecule has 0 atom stereocenters. The van der Waals surface area contributed by atoms with Crippen molar-refractivity contribution in [3.63, 3.8) is 0 Å². The lowest BCUT2D eigenvalue weighted by Gasteiger charge is -2.03. The number of carbonyl (C=O) groups excluding carboxylic acids is 1. The van der Waals surface area contributed by atoms with Crippen LogP contribution >= 0.6 is 0 Å². The molecule has 0 aliphatic carbocycles. The predicted octanol–water partition coefficient (Wildman–Crippen LogP) is 1.90. The van der Waals surface area contributed by atoms with Gasteiger partial charge in [-0.25, -0.2) is 0 Å². The number of carbonyl (C=O) groups is 1. The Labute approximate surface area is 120 Å². The lowest BCUT2D eigenvalue weighted by Crippen LogP contribution is -2.42. The molecular weight excluding hydrogens is 248 g/mol. The summed E-state index contributed by atoms with van der Waals surface area (Å²) in [7, 11) is 0. The molecule has 1 heterocycles. The largest absolute Gasteiger partial charge is 0.350 e. The third-order valence-corrected chi connectivity index (χ3v) is 3.27. The average molecular weight is 269 g/mol. The van der Waals surface area contributed by atoms with Gasteiger partial charge in [0.2, 0.25) is 6.54 Å². The van der Waals surface area contributed by atoms with Gasteiger partial charge >= 0.3 is 0 Å². The van der Waals surface area contributed by atoms with E-state index in [1.165, 1.54) is 11.1 Å². The molecule has 0 spiro atoms. The lowest BCUT2D eigenvalue weighted by molar-refractivity contribution is -0.684. The molecule has 0 aliphatic heterocycles. The standard InChI is InChI=1S/C17H20N2O/c1-2-15-9-12-19(13-10-15)14-17(20)18-11-8-16-6-4-3-5-7-16/h3-7,9-10,12-13H,2,8,11,14H2,1H3/p+1. The van der Waals surface area contributed by atoms with Crippen LogP contribution in [0.2, 0.25) is 0 Å². The Bertz CT molecular complexity index is 535. The number of aryl methyl sites for hydroxylation is 1. The van der Waals surface area contributed by atoms with E-state index in [0.717, 1.165) is 12.8 Å². The highest BCUT2D eigenvalue weighted by Gasteiger charge is 2.08. The number of hydrogen-bond acceptors (Lipinski definition) is 1. The van der Waals surface area contributed by atoms with Crippen molar-refractivity contribution < 1.29 is 9.36 Å². The molecule has 0 bridgehead atoms. The number of amides is 1. The fourth-order valence-electron chi connectivity index (χ4n) is 2.04. The van der Waals surface area contributed by atoms with Crippen molar-refractivity contribution >= 4 is 5.91 Å². The molecule has 3 nitrogen and oxygen atoms in total. The Morgan fingerprint density at radius 2 is 1.75 bits per heavy atom. The molecule has 0 saturated carbocycles. The van der Waals surface area contributed by atoms with Crippen LogP contribution in [0, 0.1) is 0 Å². The van der Waals surface area contributed by atoms with Gasteiger partial charge in [0.05, 0.1) is 0 Å². The molecule has 1 N–H and O–H groups in total. The quantitative estimate of drug-likeness (QED) is 0.798. The molecule has 3 heteroatoms. The Balaban J connectivity index is 1.74. The summed E-state index contributed by atoms with van der Waals surface area (Å²) in [6.45, 7) is 3.17. The van der Waals surface area contributed by atoms with Crippen molar-refractivity contribution in [3.8, 4) is 0 Å². The van der Waals surface area contributed by atoms with E-state index in [0.29, 0.717) is 13.1 Å². The van der Waals surface area contributed by atoms with Crippen LogP contribution in [0.25, 0.3) is 0 Å². The van der Waals surface area contributed by atoms with Crippen LogP contribution < -0.4 is 9.88 Å². The summed E-state index contributed by atoms with van der Waals surface area (Å²) in [4.78, 5) is 11.8. The van der Waals surface area contributed by atoms with Gasteiger partial charge in [-0.2, -0.15) is 4.57 Å². The minimum Gasteiger partial charge on any atom is -0.350 e. The first-order chi connectivity index (χ1) is 9.78. The first-order valence-electron chi connectivity index (χ1n) is 7.06. The van der Waals surface area contributed by atoms with Gasteiger partial charge in [0.25, 0.3) is 5.91 Å². The first-order valence-corrected chi connectivity index (χ1v) is 7.06. The van der Waals surface area contributed by atoms with E-state index in [1.807, 2.05) is 35.2 Å². The third kappa shape index (κ3) is 4.50. The molecule has 104 valence electrons. The number of benzene rings is 1. The third-order valence-electron chi connectivity index (χ3n) is 3.27. The molecule has 1 amide bonds. The maximum absolute atomic E-state index is 11.8. The van der Waals surface area contributed by atoms with Gasteiger partial charge < -0.3 is 5.32 Å². The Morgan fingerprint density at radius 1 is 1.05 bits per heavy atom. The van der Waals surface area contributed by atoms with Crippen molar-refractivity contribution in [2.45, 2.75) is 26.3 Å². The van der Waals surface area contributed by atoms with Crippen LogP contribution in [0.1, 0.15) is 18.1 Å². The zero-order valence-electron chi connectivity index (χ0n) is 11.9. The fraction of sp³-hybridized carbons (Fsp3) is 0.294. The van der Waals surface area contributed by atoms with Crippen molar-refractivity contribution in [1.82, 2.24) is 5.32 Å². The Morgan fingerprint density at radius 3 is 2.40 bits per heavy atom. The molecule has 20 heavy (non-hydrogen) atoms. The van der Waals surface area contributed by atoms with E-state index in [4.69, 9.17) is 0 Å². The van der Waals surface area contributed by atoms with E-state index < -0.39 is 0 Å². The van der Waals surface area contributed by atoms with E-state index in [1.54, 1.807) is 0 Å². The molecule has 0 saturated heterocycles. The van der Waals surface area contributed by atoms with Gasteiger partial charge in [-0.3, -0.25) is 4.79 Å². The highest BCUT2D eigenvalue weighted by atomic mass is 16.1. The number of nitrogens with zero attached hydrogens (tertiary/aromatic N) is 1. The number of nitrogens with one attached hydrogen (secondary N) is 1. The van der Waals surface area contributed by atoms with Gasteiger partial charge in [-0.1, -0.05) is 37.3 Å². The second-order valence-corrected chi connectivity index (χ2v) is 4.82. The van der Waals surface area contributed by atoms with Gasteiger partial charge in [0.1, 0.15) is 0 Å². The van der Waals surface area contributed by atoms with Gasteiger partial charge in [0.15, 0.2) is 12.4 Å². The van der Waals surface area contributed by atoms with Crippen LogP contribution in [-0.2, 0) is 24.2 Å². The second-order valence-electron chi connectivity index (χ2n) is 4.82. The zero-order valence-corrected chi connectivity index (χ0v) is 11.9. The Kier molecular flexibility index (Phi) is 5.30. The van der Waals surface area contributed by atoms with Crippen LogP contribution in [0.5, 0.6) is 0 Å². The first kappa shape index (κ1) is 14.3. The van der Waals surface area contributed by atoms with E-state index in [-0.39, 0.29) is 5.91 Å². The molecule has 0 radical (unpaired) electrons. The second kappa shape index (κ2) is 7.43. The summed E-state index contributed by atoms with van der Waals surface area (Å²) in [6, 6.07) is 14.3. The van der Waals surface area contributed by atoms with Gasteiger partial charge in [-0.05, 0) is 24.0 Å².